The van der Waals surface area contributed by atoms with E-state index >= 15 is 0 Å². The molecule has 1 fully saturated rings. The molecule has 2 amide bonds. The van der Waals surface area contributed by atoms with E-state index in [-0.39, 0.29) is 30.0 Å². The molecule has 35 heavy (non-hydrogen) atoms. The number of allylic oxidation sites excluding steroid dienone is 1. The second-order valence-electron chi connectivity index (χ2n) is 8.47. The van der Waals surface area contributed by atoms with Crippen LogP contribution in [0.15, 0.2) is 102 Å². The Balaban J connectivity index is 1.45. The molecule has 0 spiro atoms. The lowest BCUT2D eigenvalue weighted by Crippen LogP contribution is -2.40. The van der Waals surface area contributed by atoms with Crippen LogP contribution < -0.4 is 0 Å². The van der Waals surface area contributed by atoms with E-state index in [0.29, 0.717) is 12.1 Å². The normalized spacial score (nSPS) is 17.7. The summed E-state index contributed by atoms with van der Waals surface area (Å²) >= 11 is 0. The van der Waals surface area contributed by atoms with Crippen LogP contribution in [0.25, 0.3) is 10.8 Å². The van der Waals surface area contributed by atoms with Gasteiger partial charge in [0.1, 0.15) is 6.61 Å². The molecule has 0 N–H and O–H groups in total. The number of ether oxygens (including phenoxy) is 1. The number of carbonyl (C=O) groups is 2. The highest BCUT2D eigenvalue weighted by Gasteiger charge is 2.51. The molecule has 7 nitrogen and oxygen atoms in total. The molecule has 5 rings (SSSR count). The Morgan fingerprint density at radius 3 is 2.49 bits per heavy atom. The largest absolute Gasteiger partial charge is 0.444 e. The molecule has 0 aromatic heterocycles. The molecule has 178 valence electrons. The van der Waals surface area contributed by atoms with Gasteiger partial charge in [-0.1, -0.05) is 66.7 Å². The van der Waals surface area contributed by atoms with Gasteiger partial charge in [0, 0.05) is 12.1 Å². The molecule has 3 aromatic rings. The minimum Gasteiger partial charge on any atom is -0.444 e. The first-order valence-electron chi connectivity index (χ1n) is 11.3. The van der Waals surface area contributed by atoms with Crippen LogP contribution in [-0.4, -0.2) is 42.2 Å². The molecule has 0 unspecified atom stereocenters. The lowest BCUT2D eigenvalue weighted by Gasteiger charge is -2.23. The second-order valence-corrected chi connectivity index (χ2v) is 10.3. The molecule has 1 atom stereocenters. The number of benzene rings is 3. The summed E-state index contributed by atoms with van der Waals surface area (Å²) in [4.78, 5) is 27.8. The van der Waals surface area contributed by atoms with E-state index in [4.69, 9.17) is 4.74 Å². The summed E-state index contributed by atoms with van der Waals surface area (Å²) in [5.41, 5.74) is 1.47. The number of sulfonamides is 1. The Bertz CT molecular complexity index is 1460. The van der Waals surface area contributed by atoms with Crippen molar-refractivity contribution in [2.45, 2.75) is 30.4 Å². The van der Waals surface area contributed by atoms with E-state index in [9.17, 15) is 18.0 Å². The van der Waals surface area contributed by atoms with Gasteiger partial charge in [0.25, 0.3) is 15.9 Å². The maximum absolute atomic E-state index is 13.7. The minimum absolute atomic E-state index is 0.0360. The summed E-state index contributed by atoms with van der Waals surface area (Å²) in [5, 5.41) is 1.66. The summed E-state index contributed by atoms with van der Waals surface area (Å²) < 4.78 is 33.8. The number of carbonyl (C=O) groups excluding carboxylic acids is 2. The number of likely N-dealkylation sites (tertiary alicyclic amines) is 1. The Labute approximate surface area is 204 Å². The highest BCUT2D eigenvalue weighted by Crippen LogP contribution is 2.41. The first-order chi connectivity index (χ1) is 16.9. The van der Waals surface area contributed by atoms with Crippen molar-refractivity contribution in [1.29, 1.82) is 0 Å². The predicted molar refractivity (Wildman–Crippen MR) is 132 cm³/mol. The number of hydrogen-bond acceptors (Lipinski definition) is 5. The zero-order chi connectivity index (χ0) is 24.6. The molecule has 1 saturated heterocycles. The molecule has 8 heteroatoms. The third-order valence-corrected chi connectivity index (χ3v) is 8.12. The van der Waals surface area contributed by atoms with E-state index < -0.39 is 28.1 Å². The van der Waals surface area contributed by atoms with Crippen molar-refractivity contribution in [3.8, 4) is 0 Å². The summed E-state index contributed by atoms with van der Waals surface area (Å²) in [6.45, 7) is 4.05. The summed E-state index contributed by atoms with van der Waals surface area (Å²) in [5.74, 6) is -0.626. The Hall–Kier alpha value is -3.91. The molecular weight excluding hydrogens is 464 g/mol. The number of fused-ring (bicyclic) bond motifs is 2. The number of nitrogens with zero attached hydrogens (tertiary/aromatic N) is 2. The van der Waals surface area contributed by atoms with Crippen LogP contribution in [0.3, 0.4) is 0 Å². The molecule has 0 aliphatic carbocycles. The third-order valence-electron chi connectivity index (χ3n) is 6.33. The fraction of sp³-hybridized carbons (Fsp3) is 0.185. The molecule has 0 bridgehead atoms. The van der Waals surface area contributed by atoms with Crippen molar-refractivity contribution in [2.24, 2.45) is 0 Å². The van der Waals surface area contributed by atoms with Crippen molar-refractivity contribution >= 4 is 32.8 Å². The van der Waals surface area contributed by atoms with Crippen LogP contribution in [-0.2, 0) is 26.2 Å². The van der Waals surface area contributed by atoms with Crippen LogP contribution in [0.5, 0.6) is 0 Å². The maximum atomic E-state index is 13.7. The fourth-order valence-corrected chi connectivity index (χ4v) is 6.32. The minimum atomic E-state index is -4.16. The van der Waals surface area contributed by atoms with Gasteiger partial charge >= 0.3 is 6.09 Å². The monoisotopic (exact) mass is 488 g/mol. The van der Waals surface area contributed by atoms with E-state index in [1.54, 1.807) is 12.1 Å². The van der Waals surface area contributed by atoms with Gasteiger partial charge in [-0.3, -0.25) is 9.69 Å². The van der Waals surface area contributed by atoms with Gasteiger partial charge in [0.2, 0.25) is 0 Å². The van der Waals surface area contributed by atoms with Crippen LogP contribution >= 0.6 is 0 Å². The molecule has 2 aliphatic heterocycles. The lowest BCUT2D eigenvalue weighted by atomic mass is 10.1. The van der Waals surface area contributed by atoms with Gasteiger partial charge in [-0.15, -0.1) is 6.58 Å². The highest BCUT2D eigenvalue weighted by molar-refractivity contribution is 7.89. The van der Waals surface area contributed by atoms with Crippen LogP contribution in [0.4, 0.5) is 4.79 Å². The maximum Gasteiger partial charge on any atom is 0.414 e. The fourth-order valence-electron chi connectivity index (χ4n) is 4.71. The average molecular weight is 489 g/mol. The van der Waals surface area contributed by atoms with Crippen LogP contribution in [0.2, 0.25) is 0 Å². The zero-order valence-electron chi connectivity index (χ0n) is 19.0. The molecule has 0 radical (unpaired) electrons. The standard InChI is InChI=1S/C27H24N2O5S/c1-2-8-23-25-24(15-16-28(25)27(31)34-18-19-9-4-3-5-10-19)29(26(23)30)35(32,33)22-14-13-20-11-6-7-12-21(20)17-22/h2-7,9-14,17,24H,1,8,15-16,18H2/t24-/m0/s1. The topological polar surface area (TPSA) is 84.0 Å². The summed E-state index contributed by atoms with van der Waals surface area (Å²) in [6.07, 6.45) is 1.38. The zero-order valence-corrected chi connectivity index (χ0v) is 19.8. The van der Waals surface area contributed by atoms with E-state index in [1.165, 1.54) is 17.0 Å². The molecule has 3 aromatic carbocycles. The van der Waals surface area contributed by atoms with Gasteiger partial charge in [0.05, 0.1) is 16.6 Å². The quantitative estimate of drug-likeness (QED) is 0.473. The van der Waals surface area contributed by atoms with Crippen LogP contribution in [0.1, 0.15) is 18.4 Å². The SMILES string of the molecule is C=CCC1=C2[C@H](CCN2C(=O)OCc2ccccc2)N(S(=O)(=O)c2ccc3ccccc3c2)C1=O. The molecular formula is C27H24N2O5S. The lowest BCUT2D eigenvalue weighted by molar-refractivity contribution is -0.122. The van der Waals surface area contributed by atoms with Crippen LogP contribution in [0, 0.1) is 0 Å². The Kier molecular flexibility index (Phi) is 5.90. The third kappa shape index (κ3) is 4.00. The highest BCUT2D eigenvalue weighted by atomic mass is 32.2. The van der Waals surface area contributed by atoms with E-state index in [2.05, 4.69) is 6.58 Å². The number of rotatable bonds is 6. The number of hydrogen-bond donors (Lipinski definition) is 0. The van der Waals surface area contributed by atoms with Crippen molar-refractivity contribution in [1.82, 2.24) is 9.21 Å². The summed E-state index contributed by atoms with van der Waals surface area (Å²) in [7, 11) is -4.16. The average Bonchev–Trinajstić information content (AvgIpc) is 3.41. The Morgan fingerprint density at radius 1 is 1.03 bits per heavy atom. The van der Waals surface area contributed by atoms with Gasteiger partial charge in [-0.25, -0.2) is 17.5 Å². The molecule has 2 aliphatic rings. The number of amides is 2. The smallest absolute Gasteiger partial charge is 0.414 e. The van der Waals surface area contributed by atoms with Crippen molar-refractivity contribution in [2.75, 3.05) is 6.54 Å². The van der Waals surface area contributed by atoms with Gasteiger partial charge in [-0.2, -0.15) is 0 Å². The Morgan fingerprint density at radius 2 is 1.74 bits per heavy atom. The van der Waals surface area contributed by atoms with Crippen molar-refractivity contribution in [3.05, 3.63) is 102 Å². The van der Waals surface area contributed by atoms with E-state index in [0.717, 1.165) is 20.6 Å². The van der Waals surface area contributed by atoms with Crippen molar-refractivity contribution in [3.63, 3.8) is 0 Å². The molecule has 2 heterocycles. The first kappa shape index (κ1) is 22.9. The second kappa shape index (κ2) is 9.03. The van der Waals surface area contributed by atoms with Crippen molar-refractivity contribution < 1.29 is 22.7 Å². The molecule has 0 saturated carbocycles. The predicted octanol–water partition coefficient (Wildman–Crippen LogP) is 4.61. The first-order valence-corrected chi connectivity index (χ1v) is 12.8. The van der Waals surface area contributed by atoms with Gasteiger partial charge in [0.15, 0.2) is 0 Å². The van der Waals surface area contributed by atoms with Gasteiger partial charge < -0.3 is 4.74 Å². The summed E-state index contributed by atoms with van der Waals surface area (Å²) in [6, 6.07) is 20.7. The van der Waals surface area contributed by atoms with E-state index in [1.807, 2.05) is 54.6 Å². The van der Waals surface area contributed by atoms with Gasteiger partial charge in [-0.05, 0) is 41.3 Å².